The van der Waals surface area contributed by atoms with Crippen LogP contribution in [0.15, 0.2) is 88.9 Å². The van der Waals surface area contributed by atoms with Crippen molar-refractivity contribution in [2.24, 2.45) is 0 Å². The highest BCUT2D eigenvalue weighted by Gasteiger charge is 2.12. The summed E-state index contributed by atoms with van der Waals surface area (Å²) in [6.07, 6.45) is 1.51. The summed E-state index contributed by atoms with van der Waals surface area (Å²) in [5.74, 6) is -0.431. The van der Waals surface area contributed by atoms with E-state index in [1.54, 1.807) is 78.9 Å². The monoisotopic (exact) mass is 431 g/mol. The fourth-order valence-corrected chi connectivity index (χ4v) is 2.71. The number of hydrogen-bond acceptors (Lipinski definition) is 4. The number of ketones is 1. The van der Waals surface area contributed by atoms with Gasteiger partial charge in [0, 0.05) is 10.0 Å². The van der Waals surface area contributed by atoms with Gasteiger partial charge in [-0.3, -0.25) is 4.79 Å². The molecular formula is C23H14BrNO3. The zero-order valence-electron chi connectivity index (χ0n) is 14.6. The Kier molecular flexibility index (Phi) is 6.15. The van der Waals surface area contributed by atoms with Crippen molar-refractivity contribution in [3.63, 3.8) is 0 Å². The molecule has 0 aromatic heterocycles. The third kappa shape index (κ3) is 4.81. The van der Waals surface area contributed by atoms with Gasteiger partial charge in [-0.2, -0.15) is 5.26 Å². The molecule has 0 saturated carbocycles. The number of rotatable bonds is 5. The maximum Gasteiger partial charge on any atom is 0.343 e. The van der Waals surface area contributed by atoms with Crippen molar-refractivity contribution in [2.45, 2.75) is 0 Å². The van der Waals surface area contributed by atoms with E-state index >= 15 is 0 Å². The first-order chi connectivity index (χ1) is 13.6. The van der Waals surface area contributed by atoms with Crippen molar-refractivity contribution >= 4 is 33.8 Å². The Morgan fingerprint density at radius 1 is 0.857 bits per heavy atom. The molecule has 0 heterocycles. The standard InChI is InChI=1S/C23H14BrNO3/c24-20-10-8-18(9-11-20)23(27)28-21-12-6-16(7-13-21)14-19(15-25)22(26)17-4-2-1-3-5-17/h1-14H/b19-14+. The lowest BCUT2D eigenvalue weighted by molar-refractivity contribution is 0.0734. The molecule has 0 amide bonds. The molecule has 0 saturated heterocycles. The van der Waals surface area contributed by atoms with Crippen molar-refractivity contribution in [1.82, 2.24) is 0 Å². The number of carbonyl (C=O) groups excluding carboxylic acids is 2. The number of halogens is 1. The molecule has 0 aliphatic rings. The number of nitrogens with zero attached hydrogens (tertiary/aromatic N) is 1. The van der Waals surface area contributed by atoms with Crippen molar-refractivity contribution in [3.8, 4) is 11.8 Å². The smallest absolute Gasteiger partial charge is 0.343 e. The maximum atomic E-state index is 12.4. The number of allylic oxidation sites excluding steroid dienone is 1. The molecule has 0 aliphatic carbocycles. The second-order valence-electron chi connectivity index (χ2n) is 5.83. The first kappa shape index (κ1) is 19.3. The fraction of sp³-hybridized carbons (Fsp3) is 0. The number of Topliss-reactive ketones (excluding diaryl/α,β-unsaturated/α-hetero) is 1. The highest BCUT2D eigenvalue weighted by Crippen LogP contribution is 2.18. The van der Waals surface area contributed by atoms with Crippen LogP contribution in [0.3, 0.4) is 0 Å². The van der Waals surface area contributed by atoms with E-state index in [1.807, 2.05) is 6.07 Å². The van der Waals surface area contributed by atoms with Crippen LogP contribution in [-0.4, -0.2) is 11.8 Å². The van der Waals surface area contributed by atoms with E-state index in [-0.39, 0.29) is 11.4 Å². The largest absolute Gasteiger partial charge is 0.423 e. The number of carbonyl (C=O) groups is 2. The second kappa shape index (κ2) is 8.94. The lowest BCUT2D eigenvalue weighted by Gasteiger charge is -2.05. The van der Waals surface area contributed by atoms with E-state index in [1.165, 1.54) is 6.08 Å². The molecule has 3 aromatic carbocycles. The molecule has 0 radical (unpaired) electrons. The molecule has 4 nitrogen and oxygen atoms in total. The predicted octanol–water partition coefficient (Wildman–Crippen LogP) is 5.46. The summed E-state index contributed by atoms with van der Waals surface area (Å²) in [6, 6.07) is 24.0. The van der Waals surface area contributed by atoms with Crippen molar-refractivity contribution < 1.29 is 14.3 Å². The highest BCUT2D eigenvalue weighted by molar-refractivity contribution is 9.10. The minimum atomic E-state index is -0.465. The first-order valence-corrected chi connectivity index (χ1v) is 9.15. The summed E-state index contributed by atoms with van der Waals surface area (Å²) >= 11 is 3.32. The molecule has 0 spiro atoms. The van der Waals surface area contributed by atoms with E-state index in [0.29, 0.717) is 22.4 Å². The van der Waals surface area contributed by atoms with Gasteiger partial charge < -0.3 is 4.74 Å². The molecule has 5 heteroatoms. The van der Waals surface area contributed by atoms with E-state index in [4.69, 9.17) is 4.74 Å². The maximum absolute atomic E-state index is 12.4. The molecular weight excluding hydrogens is 418 g/mol. The van der Waals surface area contributed by atoms with Gasteiger partial charge in [-0.15, -0.1) is 0 Å². The van der Waals surface area contributed by atoms with Crippen molar-refractivity contribution in [1.29, 1.82) is 5.26 Å². The molecule has 136 valence electrons. The Balaban J connectivity index is 1.73. The average molecular weight is 432 g/mol. The van der Waals surface area contributed by atoms with Gasteiger partial charge in [0.25, 0.3) is 0 Å². The Bertz CT molecular complexity index is 1060. The zero-order chi connectivity index (χ0) is 19.9. The van der Waals surface area contributed by atoms with Gasteiger partial charge in [-0.05, 0) is 48.0 Å². The van der Waals surface area contributed by atoms with Gasteiger partial charge in [0.1, 0.15) is 17.4 Å². The summed E-state index contributed by atoms with van der Waals surface area (Å²) in [7, 11) is 0. The highest BCUT2D eigenvalue weighted by atomic mass is 79.9. The van der Waals surface area contributed by atoms with Crippen LogP contribution in [0.2, 0.25) is 0 Å². The minimum absolute atomic E-state index is 0.0332. The van der Waals surface area contributed by atoms with Crippen LogP contribution in [0.4, 0.5) is 0 Å². The number of hydrogen-bond donors (Lipinski definition) is 0. The molecule has 0 N–H and O–H groups in total. The van der Waals surface area contributed by atoms with Gasteiger partial charge in [0.2, 0.25) is 5.78 Å². The topological polar surface area (TPSA) is 67.2 Å². The molecule has 0 bridgehead atoms. The lowest BCUT2D eigenvalue weighted by atomic mass is 10.0. The van der Waals surface area contributed by atoms with Gasteiger partial charge >= 0.3 is 5.97 Å². The third-order valence-electron chi connectivity index (χ3n) is 3.88. The molecule has 28 heavy (non-hydrogen) atoms. The van der Waals surface area contributed by atoms with Crippen molar-refractivity contribution in [2.75, 3.05) is 0 Å². The van der Waals surface area contributed by atoms with E-state index in [2.05, 4.69) is 15.9 Å². The average Bonchev–Trinajstić information content (AvgIpc) is 2.73. The number of nitriles is 1. The summed E-state index contributed by atoms with van der Waals surface area (Å²) in [5.41, 5.74) is 1.58. The van der Waals surface area contributed by atoms with Crippen LogP contribution in [0, 0.1) is 11.3 Å². The molecule has 3 rings (SSSR count). The van der Waals surface area contributed by atoms with Gasteiger partial charge in [-0.25, -0.2) is 4.79 Å². The van der Waals surface area contributed by atoms with Crippen LogP contribution in [-0.2, 0) is 0 Å². The number of ether oxygens (including phenoxy) is 1. The molecule has 0 fully saturated rings. The Morgan fingerprint density at radius 2 is 1.50 bits per heavy atom. The van der Waals surface area contributed by atoms with E-state index < -0.39 is 5.97 Å². The summed E-state index contributed by atoms with van der Waals surface area (Å²) < 4.78 is 6.21. The normalized spacial score (nSPS) is 10.8. The quantitative estimate of drug-likeness (QED) is 0.177. The van der Waals surface area contributed by atoms with Crippen LogP contribution in [0.5, 0.6) is 5.75 Å². The van der Waals surface area contributed by atoms with Crippen LogP contribution < -0.4 is 4.74 Å². The van der Waals surface area contributed by atoms with E-state index in [9.17, 15) is 14.9 Å². The molecule has 0 unspecified atom stereocenters. The Morgan fingerprint density at radius 3 is 2.11 bits per heavy atom. The SMILES string of the molecule is N#C/C(=C\c1ccc(OC(=O)c2ccc(Br)cc2)cc1)C(=O)c1ccccc1. The number of benzene rings is 3. The lowest BCUT2D eigenvalue weighted by Crippen LogP contribution is -2.08. The molecule has 0 aliphatic heterocycles. The minimum Gasteiger partial charge on any atom is -0.423 e. The van der Waals surface area contributed by atoms with Gasteiger partial charge in [0.05, 0.1) is 5.56 Å². The molecule has 0 atom stereocenters. The van der Waals surface area contributed by atoms with E-state index in [0.717, 1.165) is 4.47 Å². The van der Waals surface area contributed by atoms with Gasteiger partial charge in [0.15, 0.2) is 0 Å². The molecule has 3 aromatic rings. The van der Waals surface area contributed by atoms with Crippen LogP contribution in [0.1, 0.15) is 26.3 Å². The van der Waals surface area contributed by atoms with Crippen molar-refractivity contribution in [3.05, 3.63) is 106 Å². The predicted molar refractivity (Wildman–Crippen MR) is 110 cm³/mol. The second-order valence-corrected chi connectivity index (χ2v) is 6.75. The first-order valence-electron chi connectivity index (χ1n) is 8.36. The summed E-state index contributed by atoms with van der Waals surface area (Å²) in [4.78, 5) is 24.6. The van der Waals surface area contributed by atoms with Crippen LogP contribution >= 0.6 is 15.9 Å². The zero-order valence-corrected chi connectivity index (χ0v) is 16.2. The number of esters is 1. The third-order valence-corrected chi connectivity index (χ3v) is 4.41. The van der Waals surface area contributed by atoms with Gasteiger partial charge in [-0.1, -0.05) is 58.4 Å². The summed E-state index contributed by atoms with van der Waals surface area (Å²) in [5, 5.41) is 9.33. The fourth-order valence-electron chi connectivity index (χ4n) is 2.44. The van der Waals surface area contributed by atoms with Crippen LogP contribution in [0.25, 0.3) is 6.08 Å². The summed E-state index contributed by atoms with van der Waals surface area (Å²) in [6.45, 7) is 0. The Hall–Kier alpha value is -3.49. The Labute approximate surface area is 170 Å².